The van der Waals surface area contributed by atoms with Crippen LogP contribution in [0.5, 0.6) is 0 Å². The molecular weight excluding hydrogens is 238 g/mol. The summed E-state index contributed by atoms with van der Waals surface area (Å²) in [5.41, 5.74) is 0. The van der Waals surface area contributed by atoms with E-state index in [1.54, 1.807) is 0 Å². The second kappa shape index (κ2) is 6.55. The summed E-state index contributed by atoms with van der Waals surface area (Å²) in [5, 5.41) is 0. The van der Waals surface area contributed by atoms with Crippen LogP contribution in [0.3, 0.4) is 0 Å². The summed E-state index contributed by atoms with van der Waals surface area (Å²) in [6.45, 7) is 9.67. The van der Waals surface area contributed by atoms with Crippen LogP contribution >= 0.6 is 0 Å². The van der Waals surface area contributed by atoms with E-state index in [0.717, 1.165) is 44.4 Å². The third kappa shape index (κ3) is 4.17. The molecule has 0 bridgehead atoms. The Kier molecular flexibility index (Phi) is 5.27. The van der Waals surface area contributed by atoms with E-state index < -0.39 is 0 Å². The SMILES string of the molecule is CCN(C)CC1COC2(CCC(CC(C)C)CC2)O1. The van der Waals surface area contributed by atoms with Crippen LogP contribution < -0.4 is 0 Å². The number of likely N-dealkylation sites (N-methyl/N-ethyl adjacent to an activating group) is 1. The van der Waals surface area contributed by atoms with Crippen LogP contribution in [-0.2, 0) is 9.47 Å². The van der Waals surface area contributed by atoms with E-state index >= 15 is 0 Å². The molecule has 112 valence electrons. The van der Waals surface area contributed by atoms with E-state index in [2.05, 4.69) is 32.7 Å². The Morgan fingerprint density at radius 1 is 1.26 bits per heavy atom. The number of ether oxygens (including phenoxy) is 2. The van der Waals surface area contributed by atoms with Gasteiger partial charge < -0.3 is 14.4 Å². The standard InChI is InChI=1S/C16H31NO2/c1-5-17(4)11-15-12-18-16(19-15)8-6-14(7-9-16)10-13(2)3/h13-15H,5-12H2,1-4H3. The van der Waals surface area contributed by atoms with Gasteiger partial charge in [0, 0.05) is 19.4 Å². The molecule has 2 rings (SSSR count). The Hall–Kier alpha value is -0.120. The molecule has 0 N–H and O–H groups in total. The fourth-order valence-electron chi connectivity index (χ4n) is 3.47. The first-order chi connectivity index (χ1) is 9.03. The first-order valence-corrected chi connectivity index (χ1v) is 8.03. The van der Waals surface area contributed by atoms with E-state index in [-0.39, 0.29) is 11.9 Å². The molecule has 1 unspecified atom stereocenters. The molecule has 1 saturated carbocycles. The van der Waals surface area contributed by atoms with Crippen molar-refractivity contribution in [3.8, 4) is 0 Å². The highest BCUT2D eigenvalue weighted by Gasteiger charge is 2.44. The zero-order valence-electron chi connectivity index (χ0n) is 13.2. The van der Waals surface area contributed by atoms with Crippen molar-refractivity contribution in [2.24, 2.45) is 11.8 Å². The molecule has 19 heavy (non-hydrogen) atoms. The summed E-state index contributed by atoms with van der Waals surface area (Å²) >= 11 is 0. The summed E-state index contributed by atoms with van der Waals surface area (Å²) in [4.78, 5) is 2.30. The van der Waals surface area contributed by atoms with Gasteiger partial charge in [-0.05, 0) is 44.7 Å². The molecule has 0 aromatic rings. The highest BCUT2D eigenvalue weighted by atomic mass is 16.7. The molecule has 1 heterocycles. The molecule has 0 aromatic carbocycles. The molecule has 3 nitrogen and oxygen atoms in total. The zero-order chi connectivity index (χ0) is 13.9. The molecule has 0 aromatic heterocycles. The normalized spacial score (nSPS) is 35.7. The molecule has 1 spiro atoms. The minimum Gasteiger partial charge on any atom is -0.347 e. The van der Waals surface area contributed by atoms with Crippen molar-refractivity contribution in [1.29, 1.82) is 0 Å². The van der Waals surface area contributed by atoms with Crippen molar-refractivity contribution in [3.05, 3.63) is 0 Å². The maximum Gasteiger partial charge on any atom is 0.168 e. The van der Waals surface area contributed by atoms with Gasteiger partial charge in [-0.3, -0.25) is 0 Å². The van der Waals surface area contributed by atoms with Gasteiger partial charge in [0.05, 0.1) is 12.7 Å². The number of nitrogens with zero attached hydrogens (tertiary/aromatic N) is 1. The van der Waals surface area contributed by atoms with Crippen LogP contribution in [-0.4, -0.2) is 43.5 Å². The summed E-state index contributed by atoms with van der Waals surface area (Å²) in [6, 6.07) is 0. The minimum absolute atomic E-state index is 0.229. The largest absolute Gasteiger partial charge is 0.347 e. The Labute approximate surface area is 118 Å². The highest BCUT2D eigenvalue weighted by molar-refractivity contribution is 4.86. The molecule has 2 aliphatic rings. The van der Waals surface area contributed by atoms with Gasteiger partial charge >= 0.3 is 0 Å². The first-order valence-electron chi connectivity index (χ1n) is 8.03. The predicted molar refractivity (Wildman–Crippen MR) is 78.1 cm³/mol. The van der Waals surface area contributed by atoms with Gasteiger partial charge in [0.2, 0.25) is 0 Å². The van der Waals surface area contributed by atoms with Crippen molar-refractivity contribution in [2.75, 3.05) is 26.7 Å². The van der Waals surface area contributed by atoms with Crippen LogP contribution in [0.15, 0.2) is 0 Å². The van der Waals surface area contributed by atoms with Gasteiger partial charge in [-0.25, -0.2) is 0 Å². The average Bonchev–Trinajstić information content (AvgIpc) is 2.75. The smallest absolute Gasteiger partial charge is 0.168 e. The molecule has 1 atom stereocenters. The number of hydrogen-bond donors (Lipinski definition) is 0. The molecule has 2 fully saturated rings. The molecule has 1 aliphatic heterocycles. The lowest BCUT2D eigenvalue weighted by Crippen LogP contribution is -2.38. The Morgan fingerprint density at radius 2 is 1.95 bits per heavy atom. The Bertz CT molecular complexity index is 272. The summed E-state index contributed by atoms with van der Waals surface area (Å²) in [5.74, 6) is 1.47. The Balaban J connectivity index is 1.77. The molecule has 0 radical (unpaired) electrons. The van der Waals surface area contributed by atoms with Crippen LogP contribution in [0.2, 0.25) is 0 Å². The fourth-order valence-corrected chi connectivity index (χ4v) is 3.47. The maximum absolute atomic E-state index is 6.25. The summed E-state index contributed by atoms with van der Waals surface area (Å²) < 4.78 is 12.3. The average molecular weight is 269 g/mol. The highest BCUT2D eigenvalue weighted by Crippen LogP contribution is 2.41. The fraction of sp³-hybridized carbons (Fsp3) is 1.00. The molecule has 1 aliphatic carbocycles. The molecule has 1 saturated heterocycles. The van der Waals surface area contributed by atoms with Gasteiger partial charge in [0.15, 0.2) is 5.79 Å². The summed E-state index contributed by atoms with van der Waals surface area (Å²) in [7, 11) is 2.15. The first kappa shape index (κ1) is 15.3. The van der Waals surface area contributed by atoms with Gasteiger partial charge in [-0.1, -0.05) is 20.8 Å². The van der Waals surface area contributed by atoms with Crippen LogP contribution in [0.25, 0.3) is 0 Å². The lowest BCUT2D eigenvalue weighted by atomic mass is 9.81. The third-order valence-electron chi connectivity index (χ3n) is 4.64. The second-order valence-electron chi connectivity index (χ2n) is 6.89. The van der Waals surface area contributed by atoms with Gasteiger partial charge in [-0.2, -0.15) is 0 Å². The number of hydrogen-bond acceptors (Lipinski definition) is 3. The van der Waals surface area contributed by atoms with Crippen molar-refractivity contribution >= 4 is 0 Å². The van der Waals surface area contributed by atoms with Gasteiger partial charge in [0.1, 0.15) is 0 Å². The topological polar surface area (TPSA) is 21.7 Å². The van der Waals surface area contributed by atoms with E-state index in [9.17, 15) is 0 Å². The van der Waals surface area contributed by atoms with Crippen molar-refractivity contribution in [2.45, 2.75) is 64.8 Å². The predicted octanol–water partition coefficient (Wildman–Crippen LogP) is 3.29. The lowest BCUT2D eigenvalue weighted by Gasteiger charge is -2.36. The van der Waals surface area contributed by atoms with Gasteiger partial charge in [0.25, 0.3) is 0 Å². The minimum atomic E-state index is -0.229. The van der Waals surface area contributed by atoms with Crippen LogP contribution in [0, 0.1) is 11.8 Å². The summed E-state index contributed by atoms with van der Waals surface area (Å²) in [6.07, 6.45) is 6.36. The van der Waals surface area contributed by atoms with E-state index in [0.29, 0.717) is 0 Å². The van der Waals surface area contributed by atoms with E-state index in [1.807, 2.05) is 0 Å². The van der Waals surface area contributed by atoms with Crippen LogP contribution in [0.1, 0.15) is 52.9 Å². The van der Waals surface area contributed by atoms with Crippen molar-refractivity contribution < 1.29 is 9.47 Å². The third-order valence-corrected chi connectivity index (χ3v) is 4.64. The van der Waals surface area contributed by atoms with Gasteiger partial charge in [-0.15, -0.1) is 0 Å². The van der Waals surface area contributed by atoms with E-state index in [1.165, 1.54) is 19.3 Å². The molecule has 0 amide bonds. The van der Waals surface area contributed by atoms with E-state index in [4.69, 9.17) is 9.47 Å². The number of rotatable bonds is 5. The quantitative estimate of drug-likeness (QED) is 0.764. The van der Waals surface area contributed by atoms with Crippen molar-refractivity contribution in [1.82, 2.24) is 4.90 Å². The second-order valence-corrected chi connectivity index (χ2v) is 6.89. The zero-order valence-corrected chi connectivity index (χ0v) is 13.2. The van der Waals surface area contributed by atoms with Crippen LogP contribution in [0.4, 0.5) is 0 Å². The Morgan fingerprint density at radius 3 is 2.53 bits per heavy atom. The van der Waals surface area contributed by atoms with Crippen molar-refractivity contribution in [3.63, 3.8) is 0 Å². The molecular formula is C16H31NO2. The molecule has 3 heteroatoms. The monoisotopic (exact) mass is 269 g/mol. The lowest BCUT2D eigenvalue weighted by molar-refractivity contribution is -0.194. The maximum atomic E-state index is 6.25.